The number of ether oxygens (including phenoxy) is 1. The number of halogens is 1. The summed E-state index contributed by atoms with van der Waals surface area (Å²) in [7, 11) is 0. The number of carboxylic acids is 1. The molecule has 0 saturated carbocycles. The van der Waals surface area contributed by atoms with Crippen molar-refractivity contribution in [3.63, 3.8) is 0 Å². The summed E-state index contributed by atoms with van der Waals surface area (Å²) in [4.78, 5) is 20.4. The Labute approximate surface area is 70.9 Å². The number of carboxylic acid groups (broad SMARTS) is 1. The molecule has 0 aliphatic heterocycles. The maximum Gasteiger partial charge on any atom is 0.306 e. The monoisotopic (exact) mass is 181 g/mol. The van der Waals surface area contributed by atoms with Crippen LogP contribution in [0.1, 0.15) is 19.8 Å². The second kappa shape index (κ2) is 7.34. The average molecular weight is 182 g/mol. The third kappa shape index (κ3) is 9.23. The second-order valence-electron chi connectivity index (χ2n) is 1.70. The van der Waals surface area contributed by atoms with Crippen molar-refractivity contribution in [3.05, 3.63) is 0 Å². The van der Waals surface area contributed by atoms with Crippen LogP contribution in [0.25, 0.3) is 0 Å². The average Bonchev–Trinajstić information content (AvgIpc) is 1.85. The summed E-state index contributed by atoms with van der Waals surface area (Å²) < 4.78 is 4.49. The number of esters is 1. The Morgan fingerprint density at radius 3 is 2.27 bits per heavy atom. The third-order valence-corrected chi connectivity index (χ3v) is 0.848. The summed E-state index contributed by atoms with van der Waals surface area (Å²) in [5.74, 6) is -1.43. The molecule has 0 rings (SSSR count). The second-order valence-corrected chi connectivity index (χ2v) is 1.70. The molecule has 0 spiro atoms. The van der Waals surface area contributed by atoms with Crippen LogP contribution < -0.4 is 12.4 Å². The summed E-state index contributed by atoms with van der Waals surface area (Å²) in [6.07, 6.45) is -0.192. The Hall–Kier alpha value is -0.770. The van der Waals surface area contributed by atoms with Crippen molar-refractivity contribution in [1.29, 1.82) is 0 Å². The molecule has 0 heterocycles. The first-order valence-electron chi connectivity index (χ1n) is 3.04. The van der Waals surface area contributed by atoms with E-state index >= 15 is 0 Å². The maximum atomic E-state index is 10.5. The Bertz CT molecular complexity index is 135. The first kappa shape index (κ1) is 12.9. The van der Waals surface area contributed by atoms with Gasteiger partial charge in [-0.05, 0) is 6.92 Å². The summed E-state index contributed by atoms with van der Waals surface area (Å²) >= 11 is 0. The van der Waals surface area contributed by atoms with Crippen LogP contribution in [0.3, 0.4) is 0 Å². The molecule has 0 radical (unpaired) electrons. The van der Waals surface area contributed by atoms with Crippen molar-refractivity contribution in [2.45, 2.75) is 19.8 Å². The number of carbonyl (C=O) groups excluding carboxylic acids is 1. The maximum absolute atomic E-state index is 10.5. The van der Waals surface area contributed by atoms with Crippen LogP contribution >= 0.6 is 0 Å². The van der Waals surface area contributed by atoms with Gasteiger partial charge >= 0.3 is 11.9 Å². The van der Waals surface area contributed by atoms with Crippen LogP contribution in [0.4, 0.5) is 0 Å². The lowest BCUT2D eigenvalue weighted by Crippen LogP contribution is -3.00. The van der Waals surface area contributed by atoms with Gasteiger partial charge in [0.25, 0.3) is 0 Å². The standard InChI is InChI=1S/C6H10O4.ClH/c1-2-10-6(9)4-3-5(7)8;/h2-4H2,1H3,(H,7,8);1H/p-1. The number of hydrogen-bond acceptors (Lipinski definition) is 3. The van der Waals surface area contributed by atoms with Crippen molar-refractivity contribution < 1.29 is 31.8 Å². The van der Waals surface area contributed by atoms with E-state index in [0.717, 1.165) is 0 Å². The minimum atomic E-state index is -0.979. The van der Waals surface area contributed by atoms with Crippen molar-refractivity contribution in [1.82, 2.24) is 0 Å². The molecule has 11 heavy (non-hydrogen) atoms. The van der Waals surface area contributed by atoms with Gasteiger partial charge in [0.1, 0.15) is 0 Å². The van der Waals surface area contributed by atoms with Gasteiger partial charge in [0.05, 0.1) is 19.4 Å². The van der Waals surface area contributed by atoms with Crippen LogP contribution in [-0.2, 0) is 14.3 Å². The highest BCUT2D eigenvalue weighted by molar-refractivity contribution is 5.76. The molecule has 0 unspecified atom stereocenters. The predicted octanol–water partition coefficient (Wildman–Crippen LogP) is -2.58. The first-order valence-corrected chi connectivity index (χ1v) is 3.04. The van der Waals surface area contributed by atoms with Crippen molar-refractivity contribution >= 4 is 11.9 Å². The lowest BCUT2D eigenvalue weighted by Gasteiger charge is -1.97. The molecule has 4 nitrogen and oxygen atoms in total. The van der Waals surface area contributed by atoms with Gasteiger partial charge in [0.15, 0.2) is 0 Å². The highest BCUT2D eigenvalue weighted by Gasteiger charge is 2.04. The van der Waals surface area contributed by atoms with Gasteiger partial charge in [-0.2, -0.15) is 0 Å². The number of rotatable bonds is 4. The fraction of sp³-hybridized carbons (Fsp3) is 0.667. The minimum Gasteiger partial charge on any atom is -1.00 e. The van der Waals surface area contributed by atoms with Crippen LogP contribution in [0.5, 0.6) is 0 Å². The molecule has 0 aliphatic carbocycles. The number of hydrogen-bond donors (Lipinski definition) is 1. The summed E-state index contributed by atoms with van der Waals surface area (Å²) in [5, 5.41) is 8.12. The van der Waals surface area contributed by atoms with E-state index in [-0.39, 0.29) is 25.2 Å². The molecule has 66 valence electrons. The quantitative estimate of drug-likeness (QED) is 0.484. The number of aliphatic carboxylic acids is 1. The largest absolute Gasteiger partial charge is 1.00 e. The van der Waals surface area contributed by atoms with E-state index in [1.54, 1.807) is 6.92 Å². The lowest BCUT2D eigenvalue weighted by atomic mass is 10.3. The Kier molecular flexibility index (Phi) is 8.58. The normalized spacial score (nSPS) is 8.09. The van der Waals surface area contributed by atoms with Gasteiger partial charge in [-0.15, -0.1) is 0 Å². The van der Waals surface area contributed by atoms with Crippen LogP contribution in [-0.4, -0.2) is 23.7 Å². The molecule has 0 aliphatic rings. The predicted molar refractivity (Wildman–Crippen MR) is 33.5 cm³/mol. The van der Waals surface area contributed by atoms with E-state index in [4.69, 9.17) is 5.11 Å². The topological polar surface area (TPSA) is 63.6 Å². The molecule has 0 bridgehead atoms. The molecule has 5 heteroatoms. The zero-order chi connectivity index (χ0) is 7.98. The smallest absolute Gasteiger partial charge is 0.306 e. The van der Waals surface area contributed by atoms with E-state index < -0.39 is 11.9 Å². The zero-order valence-electron chi connectivity index (χ0n) is 6.17. The molecule has 0 aromatic carbocycles. The fourth-order valence-corrected chi connectivity index (χ4v) is 0.442. The summed E-state index contributed by atoms with van der Waals surface area (Å²) in [6.45, 7) is 1.98. The van der Waals surface area contributed by atoms with Gasteiger partial charge < -0.3 is 22.3 Å². The van der Waals surface area contributed by atoms with E-state index in [0.29, 0.717) is 6.61 Å². The Morgan fingerprint density at radius 2 is 1.91 bits per heavy atom. The molecule has 0 atom stereocenters. The lowest BCUT2D eigenvalue weighted by molar-refractivity contribution is -0.147. The molecule has 1 N–H and O–H groups in total. The van der Waals surface area contributed by atoms with Gasteiger partial charge in [0, 0.05) is 0 Å². The van der Waals surface area contributed by atoms with Crippen molar-refractivity contribution in [2.75, 3.05) is 6.61 Å². The third-order valence-electron chi connectivity index (χ3n) is 0.848. The SMILES string of the molecule is CCOC(=O)CCC(=O)O.[Cl-]. The fourth-order valence-electron chi connectivity index (χ4n) is 0.442. The van der Waals surface area contributed by atoms with Gasteiger partial charge in [-0.25, -0.2) is 0 Å². The van der Waals surface area contributed by atoms with Gasteiger partial charge in [-0.3, -0.25) is 9.59 Å². The Balaban J connectivity index is 0. The summed E-state index contributed by atoms with van der Waals surface area (Å²) in [5.41, 5.74) is 0. The van der Waals surface area contributed by atoms with Crippen LogP contribution in [0.15, 0.2) is 0 Å². The molecule has 0 aromatic heterocycles. The zero-order valence-corrected chi connectivity index (χ0v) is 6.93. The Morgan fingerprint density at radius 1 is 1.36 bits per heavy atom. The van der Waals surface area contributed by atoms with E-state index in [1.165, 1.54) is 0 Å². The molecule has 0 aromatic rings. The number of carbonyl (C=O) groups is 2. The van der Waals surface area contributed by atoms with E-state index in [1.807, 2.05) is 0 Å². The van der Waals surface area contributed by atoms with E-state index in [2.05, 4.69) is 4.74 Å². The van der Waals surface area contributed by atoms with Crippen molar-refractivity contribution in [3.8, 4) is 0 Å². The summed E-state index contributed by atoms with van der Waals surface area (Å²) in [6, 6.07) is 0. The highest BCUT2D eigenvalue weighted by Crippen LogP contribution is 1.91. The molecule has 0 saturated heterocycles. The van der Waals surface area contributed by atoms with Crippen LogP contribution in [0.2, 0.25) is 0 Å². The molecular weight excluding hydrogens is 172 g/mol. The minimum absolute atomic E-state index is 0. The highest BCUT2D eigenvalue weighted by atomic mass is 35.5. The first-order chi connectivity index (χ1) is 4.66. The van der Waals surface area contributed by atoms with E-state index in [9.17, 15) is 9.59 Å². The van der Waals surface area contributed by atoms with Gasteiger partial charge in [-0.1, -0.05) is 0 Å². The van der Waals surface area contributed by atoms with Gasteiger partial charge in [0.2, 0.25) is 0 Å². The molecular formula is C6H10ClO4-. The van der Waals surface area contributed by atoms with Crippen molar-refractivity contribution in [2.24, 2.45) is 0 Å². The molecule has 0 amide bonds. The molecule has 0 fully saturated rings. The van der Waals surface area contributed by atoms with Crippen LogP contribution in [0, 0.1) is 0 Å².